The number of ether oxygens (including phenoxy) is 2. The van der Waals surface area contributed by atoms with Gasteiger partial charge in [0.05, 0.1) is 25.6 Å². The van der Waals surface area contributed by atoms with E-state index in [0.29, 0.717) is 16.5 Å². The quantitative estimate of drug-likeness (QED) is 0.317. The largest absolute Gasteiger partial charge is 0.469 e. The summed E-state index contributed by atoms with van der Waals surface area (Å²) >= 11 is 0. The van der Waals surface area contributed by atoms with Crippen molar-refractivity contribution in [1.82, 2.24) is 5.32 Å². The summed E-state index contributed by atoms with van der Waals surface area (Å²) in [5.74, 6) is -2.80. The number of non-ortho nitro benzene ring substituents is 1. The van der Waals surface area contributed by atoms with Crippen LogP contribution in [0.4, 0.5) is 5.69 Å². The molecule has 3 aromatic carbocycles. The van der Waals surface area contributed by atoms with Gasteiger partial charge >= 0.3 is 11.9 Å². The third-order valence-corrected chi connectivity index (χ3v) is 5.32. The van der Waals surface area contributed by atoms with Crippen LogP contribution in [0.3, 0.4) is 0 Å². The Kier molecular flexibility index (Phi) is 7.34. The van der Waals surface area contributed by atoms with Crippen molar-refractivity contribution in [2.24, 2.45) is 0 Å². The van der Waals surface area contributed by atoms with Gasteiger partial charge in [-0.25, -0.2) is 4.79 Å². The average Bonchev–Trinajstić information content (AvgIpc) is 2.84. The van der Waals surface area contributed by atoms with E-state index in [4.69, 9.17) is 9.47 Å². The molecule has 0 bridgehead atoms. The highest BCUT2D eigenvalue weighted by atomic mass is 16.6. The number of carbonyl (C=O) groups excluding carboxylic acids is 3. The summed E-state index contributed by atoms with van der Waals surface area (Å²) in [6, 6.07) is 16.7. The summed E-state index contributed by atoms with van der Waals surface area (Å²) < 4.78 is 9.67. The van der Waals surface area contributed by atoms with Crippen molar-refractivity contribution in [1.29, 1.82) is 0 Å². The van der Waals surface area contributed by atoms with Gasteiger partial charge in [0.25, 0.3) is 11.6 Å². The summed E-state index contributed by atoms with van der Waals surface area (Å²) in [7, 11) is 2.38. The van der Waals surface area contributed by atoms with Gasteiger partial charge in [0, 0.05) is 23.6 Å². The lowest BCUT2D eigenvalue weighted by atomic mass is 9.87. The molecule has 0 fully saturated rings. The minimum atomic E-state index is -1.25. The topological polar surface area (TPSA) is 125 Å². The van der Waals surface area contributed by atoms with E-state index in [1.807, 2.05) is 18.2 Å². The van der Waals surface area contributed by atoms with E-state index in [1.54, 1.807) is 24.3 Å². The Balaban J connectivity index is 2.00. The van der Waals surface area contributed by atoms with E-state index < -0.39 is 34.7 Å². The number of methoxy groups -OCH3 is 2. The van der Waals surface area contributed by atoms with Gasteiger partial charge in [-0.2, -0.15) is 0 Å². The van der Waals surface area contributed by atoms with E-state index >= 15 is 0 Å². The van der Waals surface area contributed by atoms with Crippen LogP contribution in [-0.2, 0) is 19.1 Å². The normalized spacial score (nSPS) is 12.4. The average molecular weight is 450 g/mol. The van der Waals surface area contributed by atoms with Crippen LogP contribution in [-0.4, -0.2) is 43.0 Å². The number of nitrogens with one attached hydrogen (secondary N) is 1. The number of carbonyl (C=O) groups is 3. The predicted octanol–water partition coefficient (Wildman–Crippen LogP) is 3.37. The third-order valence-electron chi connectivity index (χ3n) is 5.32. The Morgan fingerprint density at radius 1 is 0.939 bits per heavy atom. The molecule has 2 atom stereocenters. The molecule has 0 saturated carbocycles. The Morgan fingerprint density at radius 3 is 2.24 bits per heavy atom. The van der Waals surface area contributed by atoms with Gasteiger partial charge in [-0.05, 0) is 22.4 Å². The summed E-state index contributed by atoms with van der Waals surface area (Å²) in [5, 5.41) is 15.2. The van der Waals surface area contributed by atoms with Crippen LogP contribution in [0.15, 0.2) is 66.7 Å². The molecule has 0 saturated heterocycles. The number of nitro benzene ring substituents is 1. The molecule has 0 aliphatic heterocycles. The first kappa shape index (κ1) is 23.4. The highest BCUT2D eigenvalue weighted by molar-refractivity contribution is 6.08. The first-order chi connectivity index (χ1) is 15.8. The number of esters is 2. The fraction of sp³-hybridized carbons (Fsp3) is 0.208. The van der Waals surface area contributed by atoms with E-state index in [9.17, 15) is 24.5 Å². The van der Waals surface area contributed by atoms with Crippen LogP contribution < -0.4 is 5.32 Å². The number of fused-ring (bicyclic) bond motifs is 1. The minimum Gasteiger partial charge on any atom is -0.469 e. The molecule has 1 N–H and O–H groups in total. The predicted molar refractivity (Wildman–Crippen MR) is 120 cm³/mol. The first-order valence-corrected chi connectivity index (χ1v) is 10.0. The molecule has 0 aromatic heterocycles. The van der Waals surface area contributed by atoms with Crippen LogP contribution >= 0.6 is 0 Å². The molecule has 3 aromatic rings. The molecule has 9 nitrogen and oxygen atoms in total. The van der Waals surface area contributed by atoms with Gasteiger partial charge in [0.2, 0.25) is 0 Å². The second kappa shape index (κ2) is 10.4. The lowest BCUT2D eigenvalue weighted by molar-refractivity contribution is -0.384. The molecule has 0 radical (unpaired) electrons. The van der Waals surface area contributed by atoms with Crippen LogP contribution in [0.2, 0.25) is 0 Å². The maximum atomic E-state index is 13.2. The van der Waals surface area contributed by atoms with Crippen molar-refractivity contribution in [3.05, 3.63) is 88.0 Å². The Bertz CT molecular complexity index is 1190. The van der Waals surface area contributed by atoms with Gasteiger partial charge < -0.3 is 14.8 Å². The smallest absolute Gasteiger partial charge is 0.329 e. The zero-order valence-electron chi connectivity index (χ0n) is 18.0. The lowest BCUT2D eigenvalue weighted by Gasteiger charge is -2.26. The van der Waals surface area contributed by atoms with Gasteiger partial charge in [0.1, 0.15) is 6.04 Å². The van der Waals surface area contributed by atoms with E-state index in [-0.39, 0.29) is 12.1 Å². The second-order valence-corrected chi connectivity index (χ2v) is 7.24. The van der Waals surface area contributed by atoms with Gasteiger partial charge in [-0.1, -0.05) is 48.5 Å². The Labute approximate surface area is 189 Å². The highest BCUT2D eigenvalue weighted by Gasteiger charge is 2.34. The Morgan fingerprint density at radius 2 is 1.61 bits per heavy atom. The molecule has 0 aliphatic rings. The molecular weight excluding hydrogens is 428 g/mol. The molecule has 0 aliphatic carbocycles. The fourth-order valence-electron chi connectivity index (χ4n) is 3.63. The number of hydrogen-bond acceptors (Lipinski definition) is 7. The number of benzene rings is 3. The zero-order valence-corrected chi connectivity index (χ0v) is 18.0. The van der Waals surface area contributed by atoms with Crippen LogP contribution in [0.1, 0.15) is 28.3 Å². The van der Waals surface area contributed by atoms with Gasteiger partial charge in [0.15, 0.2) is 0 Å². The SMILES string of the molecule is COC(=O)C[C@H](c1ccc([N+](=O)[O-])cc1)[C@H](NC(=O)c1cccc2ccccc12)C(=O)OC. The number of nitrogens with zero attached hydrogens (tertiary/aromatic N) is 1. The maximum Gasteiger partial charge on any atom is 0.329 e. The summed E-state index contributed by atoms with van der Waals surface area (Å²) in [4.78, 5) is 48.5. The molecule has 0 spiro atoms. The minimum absolute atomic E-state index is 0.148. The lowest BCUT2D eigenvalue weighted by Crippen LogP contribution is -2.46. The van der Waals surface area contributed by atoms with Gasteiger partial charge in [-0.15, -0.1) is 0 Å². The monoisotopic (exact) mass is 450 g/mol. The summed E-state index contributed by atoms with van der Waals surface area (Å²) in [5.41, 5.74) is 0.632. The molecule has 33 heavy (non-hydrogen) atoms. The number of nitro groups is 1. The summed E-state index contributed by atoms with van der Waals surface area (Å²) in [6.45, 7) is 0. The molecular formula is C24H22N2O7. The second-order valence-electron chi connectivity index (χ2n) is 7.24. The molecule has 1 amide bonds. The molecule has 0 heterocycles. The fourth-order valence-corrected chi connectivity index (χ4v) is 3.63. The third kappa shape index (κ3) is 5.32. The van der Waals surface area contributed by atoms with E-state index in [2.05, 4.69) is 5.32 Å². The van der Waals surface area contributed by atoms with Crippen LogP contribution in [0, 0.1) is 10.1 Å². The van der Waals surface area contributed by atoms with E-state index in [1.165, 1.54) is 38.5 Å². The van der Waals surface area contributed by atoms with Crippen LogP contribution in [0.5, 0.6) is 0 Å². The van der Waals surface area contributed by atoms with Crippen molar-refractivity contribution >= 4 is 34.3 Å². The van der Waals surface area contributed by atoms with Gasteiger partial charge in [-0.3, -0.25) is 19.7 Å². The standard InChI is InChI=1S/C24H22N2O7/c1-32-21(27)14-20(16-10-12-17(13-11-16)26(30)31)22(24(29)33-2)25-23(28)19-9-5-7-15-6-3-4-8-18(15)19/h3-13,20,22H,14H2,1-2H3,(H,25,28)/t20-,22+/m1/s1. The molecule has 0 unspecified atom stereocenters. The number of rotatable bonds is 8. The number of amides is 1. The molecule has 3 rings (SSSR count). The van der Waals surface area contributed by atoms with Crippen molar-refractivity contribution in [3.8, 4) is 0 Å². The summed E-state index contributed by atoms with van der Waals surface area (Å²) in [6.07, 6.45) is -0.260. The van der Waals surface area contributed by atoms with Crippen LogP contribution in [0.25, 0.3) is 10.8 Å². The highest BCUT2D eigenvalue weighted by Crippen LogP contribution is 2.28. The first-order valence-electron chi connectivity index (χ1n) is 10.0. The molecule has 9 heteroatoms. The number of hydrogen-bond donors (Lipinski definition) is 1. The van der Waals surface area contributed by atoms with Crippen molar-refractivity contribution in [3.63, 3.8) is 0 Å². The van der Waals surface area contributed by atoms with Crippen molar-refractivity contribution in [2.75, 3.05) is 14.2 Å². The van der Waals surface area contributed by atoms with Crippen molar-refractivity contribution < 1.29 is 28.8 Å². The van der Waals surface area contributed by atoms with E-state index in [0.717, 1.165) is 5.39 Å². The van der Waals surface area contributed by atoms with Crippen molar-refractivity contribution in [2.45, 2.75) is 18.4 Å². The Hall–Kier alpha value is -4.27. The molecule has 170 valence electrons. The zero-order chi connectivity index (χ0) is 24.0. The maximum absolute atomic E-state index is 13.2.